The Morgan fingerprint density at radius 3 is 2.21 bits per heavy atom. The zero-order valence-corrected chi connectivity index (χ0v) is 12.8. The van der Waals surface area contributed by atoms with Crippen LogP contribution < -0.4 is 5.73 Å². The van der Waals surface area contributed by atoms with E-state index >= 15 is 0 Å². The highest BCUT2D eigenvalue weighted by atomic mass is 15.2. The molecule has 0 saturated carbocycles. The zero-order chi connectivity index (χ0) is 14.0. The van der Waals surface area contributed by atoms with Gasteiger partial charge < -0.3 is 10.6 Å². The molecule has 1 saturated heterocycles. The molecule has 106 valence electrons. The largest absolute Gasteiger partial charge is 0.323 e. The van der Waals surface area contributed by atoms with Crippen molar-refractivity contribution in [3.05, 3.63) is 35.9 Å². The lowest BCUT2D eigenvalue weighted by Gasteiger charge is -2.35. The van der Waals surface area contributed by atoms with Gasteiger partial charge in [0.05, 0.1) is 0 Å². The van der Waals surface area contributed by atoms with Gasteiger partial charge in [0.25, 0.3) is 0 Å². The van der Waals surface area contributed by atoms with E-state index in [0.717, 1.165) is 18.4 Å². The van der Waals surface area contributed by atoms with Gasteiger partial charge in [-0.3, -0.25) is 0 Å². The summed E-state index contributed by atoms with van der Waals surface area (Å²) < 4.78 is 0. The fourth-order valence-corrected chi connectivity index (χ4v) is 3.16. The van der Waals surface area contributed by atoms with Gasteiger partial charge >= 0.3 is 0 Å². The van der Waals surface area contributed by atoms with E-state index in [9.17, 15) is 0 Å². The van der Waals surface area contributed by atoms with Crippen molar-refractivity contribution in [2.75, 3.05) is 19.6 Å². The van der Waals surface area contributed by atoms with Gasteiger partial charge in [0, 0.05) is 25.7 Å². The molecule has 1 heterocycles. The average molecular weight is 260 g/mol. The van der Waals surface area contributed by atoms with Crippen LogP contribution in [0.2, 0.25) is 0 Å². The fraction of sp³-hybridized carbons (Fsp3) is 0.647. The zero-order valence-electron chi connectivity index (χ0n) is 12.8. The van der Waals surface area contributed by atoms with E-state index in [2.05, 4.69) is 56.9 Å². The van der Waals surface area contributed by atoms with Crippen LogP contribution in [0.15, 0.2) is 30.3 Å². The smallest absolute Gasteiger partial charge is 0.0359 e. The quantitative estimate of drug-likeness (QED) is 0.900. The second kappa shape index (κ2) is 5.64. The van der Waals surface area contributed by atoms with Gasteiger partial charge in [-0.05, 0) is 22.8 Å². The summed E-state index contributed by atoms with van der Waals surface area (Å²) in [5.74, 6) is 1.62. The molecule has 1 aliphatic heterocycles. The normalized spacial score (nSPS) is 26.6. The highest BCUT2D eigenvalue weighted by Gasteiger charge is 2.34. The Labute approximate surface area is 118 Å². The molecule has 1 aliphatic rings. The van der Waals surface area contributed by atoms with Crippen molar-refractivity contribution < 1.29 is 0 Å². The molecule has 0 bridgehead atoms. The van der Waals surface area contributed by atoms with Gasteiger partial charge in [-0.1, -0.05) is 58.0 Å². The van der Waals surface area contributed by atoms with Crippen molar-refractivity contribution in [2.45, 2.75) is 33.7 Å². The SMILES string of the molecule is CC1CN(CC(C)(C)C(N)c2ccccc2)CC1C. The third-order valence-electron chi connectivity index (χ3n) is 4.70. The first-order valence-corrected chi connectivity index (χ1v) is 7.43. The molecule has 2 rings (SSSR count). The molecule has 1 aromatic rings. The number of rotatable bonds is 4. The van der Waals surface area contributed by atoms with Crippen molar-refractivity contribution in [1.29, 1.82) is 0 Å². The Kier molecular flexibility index (Phi) is 4.32. The minimum atomic E-state index is 0.0971. The van der Waals surface area contributed by atoms with E-state index in [-0.39, 0.29) is 11.5 Å². The van der Waals surface area contributed by atoms with Crippen LogP contribution in [-0.4, -0.2) is 24.5 Å². The van der Waals surface area contributed by atoms with Crippen LogP contribution in [-0.2, 0) is 0 Å². The number of nitrogens with two attached hydrogens (primary N) is 1. The summed E-state index contributed by atoms with van der Waals surface area (Å²) in [6.07, 6.45) is 0. The third kappa shape index (κ3) is 3.37. The van der Waals surface area contributed by atoms with Gasteiger partial charge in [0.15, 0.2) is 0 Å². The average Bonchev–Trinajstić information content (AvgIpc) is 2.67. The number of hydrogen-bond donors (Lipinski definition) is 1. The first-order valence-electron chi connectivity index (χ1n) is 7.43. The van der Waals surface area contributed by atoms with E-state index in [1.807, 2.05) is 6.07 Å². The predicted octanol–water partition coefficient (Wildman–Crippen LogP) is 3.30. The molecule has 1 aromatic carbocycles. The van der Waals surface area contributed by atoms with Crippen molar-refractivity contribution in [3.8, 4) is 0 Å². The molecule has 2 nitrogen and oxygen atoms in total. The highest BCUT2D eigenvalue weighted by Crippen LogP contribution is 2.34. The maximum Gasteiger partial charge on any atom is 0.0359 e. The monoisotopic (exact) mass is 260 g/mol. The summed E-state index contributed by atoms with van der Waals surface area (Å²) >= 11 is 0. The first kappa shape index (κ1) is 14.5. The van der Waals surface area contributed by atoms with Crippen molar-refractivity contribution in [2.24, 2.45) is 23.0 Å². The van der Waals surface area contributed by atoms with E-state index in [4.69, 9.17) is 5.73 Å². The Morgan fingerprint density at radius 1 is 1.16 bits per heavy atom. The van der Waals surface area contributed by atoms with Gasteiger partial charge in [-0.25, -0.2) is 0 Å². The van der Waals surface area contributed by atoms with E-state index in [1.54, 1.807) is 0 Å². The Morgan fingerprint density at radius 2 is 1.68 bits per heavy atom. The van der Waals surface area contributed by atoms with Gasteiger partial charge in [-0.2, -0.15) is 0 Å². The number of hydrogen-bond acceptors (Lipinski definition) is 2. The molecule has 19 heavy (non-hydrogen) atoms. The second-order valence-corrected chi connectivity index (χ2v) is 7.03. The summed E-state index contributed by atoms with van der Waals surface area (Å²) in [6, 6.07) is 10.6. The topological polar surface area (TPSA) is 29.3 Å². The summed E-state index contributed by atoms with van der Waals surface area (Å²) in [5.41, 5.74) is 7.84. The molecule has 2 heteroatoms. The summed E-state index contributed by atoms with van der Waals surface area (Å²) in [7, 11) is 0. The predicted molar refractivity (Wildman–Crippen MR) is 81.9 cm³/mol. The molecule has 0 aromatic heterocycles. The third-order valence-corrected chi connectivity index (χ3v) is 4.70. The van der Waals surface area contributed by atoms with Crippen LogP contribution in [0.4, 0.5) is 0 Å². The minimum Gasteiger partial charge on any atom is -0.323 e. The maximum atomic E-state index is 6.49. The summed E-state index contributed by atoms with van der Waals surface area (Å²) in [4.78, 5) is 2.58. The molecule has 0 spiro atoms. The molecule has 0 amide bonds. The van der Waals surface area contributed by atoms with Crippen LogP contribution in [0.25, 0.3) is 0 Å². The van der Waals surface area contributed by atoms with Crippen LogP contribution in [0.5, 0.6) is 0 Å². The molecular formula is C17H28N2. The molecular weight excluding hydrogens is 232 g/mol. The lowest BCUT2D eigenvalue weighted by atomic mass is 9.80. The van der Waals surface area contributed by atoms with Crippen LogP contribution in [0.1, 0.15) is 39.3 Å². The molecule has 0 radical (unpaired) electrons. The Bertz CT molecular complexity index is 389. The van der Waals surface area contributed by atoms with Crippen LogP contribution in [0, 0.1) is 17.3 Å². The van der Waals surface area contributed by atoms with Crippen molar-refractivity contribution >= 4 is 0 Å². The van der Waals surface area contributed by atoms with Gasteiger partial charge in [0.2, 0.25) is 0 Å². The van der Waals surface area contributed by atoms with E-state index in [1.165, 1.54) is 18.7 Å². The van der Waals surface area contributed by atoms with Crippen LogP contribution >= 0.6 is 0 Å². The van der Waals surface area contributed by atoms with Gasteiger partial charge in [0.1, 0.15) is 0 Å². The Hall–Kier alpha value is -0.860. The number of nitrogens with zero attached hydrogens (tertiary/aromatic N) is 1. The summed E-state index contributed by atoms with van der Waals surface area (Å²) in [6.45, 7) is 12.8. The van der Waals surface area contributed by atoms with E-state index in [0.29, 0.717) is 0 Å². The summed E-state index contributed by atoms with van der Waals surface area (Å²) in [5, 5.41) is 0. The Balaban J connectivity index is 2.02. The lowest BCUT2D eigenvalue weighted by Crippen LogP contribution is -2.40. The fourth-order valence-electron chi connectivity index (χ4n) is 3.16. The lowest BCUT2D eigenvalue weighted by molar-refractivity contribution is 0.171. The number of likely N-dealkylation sites (tertiary alicyclic amines) is 1. The molecule has 1 fully saturated rings. The minimum absolute atomic E-state index is 0.0971. The molecule has 2 N–H and O–H groups in total. The maximum absolute atomic E-state index is 6.49. The van der Waals surface area contributed by atoms with Gasteiger partial charge in [-0.15, -0.1) is 0 Å². The highest BCUT2D eigenvalue weighted by molar-refractivity contribution is 5.20. The second-order valence-electron chi connectivity index (χ2n) is 7.03. The number of benzene rings is 1. The van der Waals surface area contributed by atoms with E-state index < -0.39 is 0 Å². The standard InChI is InChI=1S/C17H28N2/c1-13-10-19(11-14(13)2)12-17(3,4)16(18)15-8-6-5-7-9-15/h5-9,13-14,16H,10-12,18H2,1-4H3. The van der Waals surface area contributed by atoms with Crippen LogP contribution in [0.3, 0.4) is 0 Å². The molecule has 0 aliphatic carbocycles. The first-order chi connectivity index (χ1) is 8.90. The molecule has 3 unspecified atom stereocenters. The molecule has 3 atom stereocenters. The van der Waals surface area contributed by atoms with Crippen molar-refractivity contribution in [1.82, 2.24) is 4.90 Å². The van der Waals surface area contributed by atoms with Crippen molar-refractivity contribution in [3.63, 3.8) is 0 Å².